The van der Waals surface area contributed by atoms with Gasteiger partial charge in [-0.2, -0.15) is 0 Å². The largest absolute Gasteiger partial charge is 0.456 e. The second-order valence-electron chi connectivity index (χ2n) is 5.79. The number of thioether (sulfide) groups is 1. The number of rotatable bonds is 5. The number of amides is 1. The van der Waals surface area contributed by atoms with E-state index in [2.05, 4.69) is 0 Å². The third-order valence-corrected chi connectivity index (χ3v) is 5.45. The van der Waals surface area contributed by atoms with Crippen LogP contribution in [0.5, 0.6) is 0 Å². The van der Waals surface area contributed by atoms with Gasteiger partial charge in [-0.05, 0) is 31.5 Å². The molecule has 2 aromatic rings. The molecule has 0 bridgehead atoms. The van der Waals surface area contributed by atoms with Gasteiger partial charge in [-0.3, -0.25) is 19.8 Å². The minimum absolute atomic E-state index is 0.0310. The monoisotopic (exact) mass is 388 g/mol. The van der Waals surface area contributed by atoms with Gasteiger partial charge in [0.2, 0.25) is 0 Å². The fraction of sp³-hybridized carbons (Fsp3) is 0.222. The average Bonchev–Trinajstić information content (AvgIpc) is 3.19. The van der Waals surface area contributed by atoms with E-state index in [4.69, 9.17) is 16.6 Å². The molecule has 1 aliphatic heterocycles. The fourth-order valence-electron chi connectivity index (χ4n) is 2.59. The smallest absolute Gasteiger partial charge is 0.280 e. The number of hydrogen-bond acceptors (Lipinski definition) is 6. The summed E-state index contributed by atoms with van der Waals surface area (Å²) in [6.45, 7) is 3.95. The average molecular weight is 388 g/mol. The molecule has 8 heteroatoms. The summed E-state index contributed by atoms with van der Waals surface area (Å²) in [7, 11) is 0. The number of nitro groups is 1. The molecule has 6 nitrogen and oxygen atoms in total. The summed E-state index contributed by atoms with van der Waals surface area (Å²) in [4.78, 5) is 25.4. The van der Waals surface area contributed by atoms with Crippen LogP contribution in [0.25, 0.3) is 17.4 Å². The molecular weight excluding hydrogens is 372 g/mol. The standard InChI is InChI=1S/C18H16N2O4S2/c1-3-11(2)19-17(21)16(26-18(19)25)10-12-8-9-15(24-12)13-6-4-5-7-14(13)20(22)23/h4-11H,3H2,1-2H3. The number of benzene rings is 1. The zero-order chi connectivity index (χ0) is 18.8. The lowest BCUT2D eigenvalue weighted by molar-refractivity contribution is -0.384. The zero-order valence-corrected chi connectivity index (χ0v) is 15.8. The first-order valence-electron chi connectivity index (χ1n) is 8.03. The van der Waals surface area contributed by atoms with Crippen molar-refractivity contribution >= 4 is 46.0 Å². The first-order chi connectivity index (χ1) is 12.4. The SMILES string of the molecule is CCC(C)N1C(=O)C(=Cc2ccc(-c3ccccc3[N+](=O)[O-])o2)SC1=S. The Balaban J connectivity index is 1.90. The highest BCUT2D eigenvalue weighted by Gasteiger charge is 2.34. The van der Waals surface area contributed by atoms with E-state index < -0.39 is 4.92 Å². The van der Waals surface area contributed by atoms with E-state index in [1.54, 1.807) is 41.3 Å². The highest BCUT2D eigenvalue weighted by Crippen LogP contribution is 2.36. The molecule has 1 aromatic heterocycles. The molecule has 1 aliphatic rings. The molecule has 0 N–H and O–H groups in total. The minimum atomic E-state index is -0.450. The Morgan fingerprint density at radius 3 is 2.77 bits per heavy atom. The van der Waals surface area contributed by atoms with Gasteiger partial charge in [0.05, 0.1) is 15.4 Å². The van der Waals surface area contributed by atoms with Crippen molar-refractivity contribution in [3.63, 3.8) is 0 Å². The molecule has 0 saturated carbocycles. The van der Waals surface area contributed by atoms with Crippen LogP contribution in [0.3, 0.4) is 0 Å². The van der Waals surface area contributed by atoms with E-state index in [0.717, 1.165) is 6.42 Å². The van der Waals surface area contributed by atoms with Crippen molar-refractivity contribution in [2.24, 2.45) is 0 Å². The van der Waals surface area contributed by atoms with Gasteiger partial charge in [0.25, 0.3) is 11.6 Å². The van der Waals surface area contributed by atoms with E-state index >= 15 is 0 Å². The molecule has 1 amide bonds. The number of nitro benzene ring substituents is 1. The Bertz CT molecular complexity index is 919. The van der Waals surface area contributed by atoms with Gasteiger partial charge in [-0.25, -0.2) is 0 Å². The maximum Gasteiger partial charge on any atom is 0.280 e. The maximum atomic E-state index is 12.6. The molecule has 1 fully saturated rings. The van der Waals surface area contributed by atoms with Crippen molar-refractivity contribution in [3.05, 3.63) is 57.2 Å². The predicted molar refractivity (Wildman–Crippen MR) is 106 cm³/mol. The number of hydrogen-bond donors (Lipinski definition) is 0. The van der Waals surface area contributed by atoms with Crippen LogP contribution in [0, 0.1) is 10.1 Å². The molecule has 26 heavy (non-hydrogen) atoms. The number of nitrogens with zero attached hydrogens (tertiary/aromatic N) is 2. The molecule has 2 heterocycles. The van der Waals surface area contributed by atoms with Gasteiger partial charge in [0.1, 0.15) is 15.8 Å². The van der Waals surface area contributed by atoms with Crippen molar-refractivity contribution in [2.75, 3.05) is 0 Å². The molecule has 1 aromatic carbocycles. The Morgan fingerprint density at radius 1 is 1.35 bits per heavy atom. The molecular formula is C18H16N2O4S2. The Hall–Kier alpha value is -2.45. The summed E-state index contributed by atoms with van der Waals surface area (Å²) < 4.78 is 6.25. The minimum Gasteiger partial charge on any atom is -0.456 e. The van der Waals surface area contributed by atoms with Crippen LogP contribution < -0.4 is 0 Å². The highest BCUT2D eigenvalue weighted by molar-refractivity contribution is 8.26. The van der Waals surface area contributed by atoms with Gasteiger partial charge in [-0.15, -0.1) is 0 Å². The van der Waals surface area contributed by atoms with Crippen molar-refractivity contribution in [2.45, 2.75) is 26.3 Å². The summed E-state index contributed by atoms with van der Waals surface area (Å²) in [6.07, 6.45) is 2.43. The van der Waals surface area contributed by atoms with Gasteiger partial charge >= 0.3 is 0 Å². The summed E-state index contributed by atoms with van der Waals surface area (Å²) in [5.41, 5.74) is 0.362. The number of furan rings is 1. The lowest BCUT2D eigenvalue weighted by Gasteiger charge is -2.21. The zero-order valence-electron chi connectivity index (χ0n) is 14.2. The van der Waals surface area contributed by atoms with Gasteiger partial charge in [0.15, 0.2) is 0 Å². The van der Waals surface area contributed by atoms with Gasteiger partial charge < -0.3 is 4.42 Å². The number of carbonyl (C=O) groups is 1. The van der Waals surface area contributed by atoms with E-state index in [0.29, 0.717) is 26.3 Å². The molecule has 3 rings (SSSR count). The first kappa shape index (κ1) is 18.3. The van der Waals surface area contributed by atoms with Gasteiger partial charge in [-0.1, -0.05) is 43.0 Å². The van der Waals surface area contributed by atoms with Crippen molar-refractivity contribution in [1.29, 1.82) is 0 Å². The lowest BCUT2D eigenvalue weighted by atomic mass is 10.1. The van der Waals surface area contributed by atoms with Crippen molar-refractivity contribution < 1.29 is 14.1 Å². The van der Waals surface area contributed by atoms with Crippen molar-refractivity contribution in [1.82, 2.24) is 4.90 Å². The normalized spacial score (nSPS) is 17.2. The van der Waals surface area contributed by atoms with Crippen LogP contribution in [0.15, 0.2) is 45.7 Å². The molecule has 1 atom stereocenters. The molecule has 0 spiro atoms. The van der Waals surface area contributed by atoms with E-state index in [-0.39, 0.29) is 17.6 Å². The molecule has 0 radical (unpaired) electrons. The number of carbonyl (C=O) groups excluding carboxylic acids is 1. The molecule has 134 valence electrons. The van der Waals surface area contributed by atoms with Crippen LogP contribution in [0.2, 0.25) is 0 Å². The summed E-state index contributed by atoms with van der Waals surface area (Å²) in [5.74, 6) is 0.682. The lowest BCUT2D eigenvalue weighted by Crippen LogP contribution is -2.36. The van der Waals surface area contributed by atoms with Crippen LogP contribution in [0.4, 0.5) is 5.69 Å². The summed E-state index contributed by atoms with van der Waals surface area (Å²) in [5, 5.41) is 11.2. The second-order valence-corrected chi connectivity index (χ2v) is 7.46. The number of thiocarbonyl (C=S) groups is 1. The van der Waals surface area contributed by atoms with E-state index in [9.17, 15) is 14.9 Å². The van der Waals surface area contributed by atoms with Crippen molar-refractivity contribution in [3.8, 4) is 11.3 Å². The first-order valence-corrected chi connectivity index (χ1v) is 9.25. The van der Waals surface area contributed by atoms with Gasteiger partial charge in [0, 0.05) is 18.2 Å². The number of para-hydroxylation sites is 1. The summed E-state index contributed by atoms with van der Waals surface area (Å²) in [6, 6.07) is 9.74. The maximum absolute atomic E-state index is 12.6. The topological polar surface area (TPSA) is 76.6 Å². The van der Waals surface area contributed by atoms with Crippen LogP contribution in [-0.2, 0) is 4.79 Å². The molecule has 1 unspecified atom stereocenters. The third kappa shape index (κ3) is 3.42. The molecule has 0 aliphatic carbocycles. The second kappa shape index (κ2) is 7.43. The quantitative estimate of drug-likeness (QED) is 0.315. The Kier molecular flexibility index (Phi) is 5.24. The van der Waals surface area contributed by atoms with Crippen LogP contribution >= 0.6 is 24.0 Å². The van der Waals surface area contributed by atoms with Crippen LogP contribution in [0.1, 0.15) is 26.0 Å². The van der Waals surface area contributed by atoms with Crippen LogP contribution in [-0.4, -0.2) is 26.1 Å². The van der Waals surface area contributed by atoms with E-state index in [1.807, 2.05) is 13.8 Å². The predicted octanol–water partition coefficient (Wildman–Crippen LogP) is 4.85. The van der Waals surface area contributed by atoms with E-state index in [1.165, 1.54) is 17.8 Å². The molecule has 1 saturated heterocycles. The summed E-state index contributed by atoms with van der Waals surface area (Å²) >= 11 is 6.54. The Labute approximate surface area is 160 Å². The fourth-order valence-corrected chi connectivity index (χ4v) is 4.03. The Morgan fingerprint density at radius 2 is 2.08 bits per heavy atom. The third-order valence-electron chi connectivity index (χ3n) is 4.12. The highest BCUT2D eigenvalue weighted by atomic mass is 32.2.